The number of hydrogen-bond donors (Lipinski definition) is 0. The van der Waals surface area contributed by atoms with Gasteiger partial charge in [-0.3, -0.25) is 4.79 Å². The van der Waals surface area contributed by atoms with Crippen molar-refractivity contribution in [2.45, 2.75) is 6.42 Å². The summed E-state index contributed by atoms with van der Waals surface area (Å²) in [4.78, 5) is 11.4. The molecule has 1 aromatic carbocycles. The van der Waals surface area contributed by atoms with Crippen molar-refractivity contribution in [3.05, 3.63) is 39.9 Å². The summed E-state index contributed by atoms with van der Waals surface area (Å²) in [5, 5.41) is 0. The van der Waals surface area contributed by atoms with Gasteiger partial charge in [-0.1, -0.05) is 34.1 Å². The second-order valence-corrected chi connectivity index (χ2v) is 3.68. The van der Waals surface area contributed by atoms with Crippen LogP contribution in [-0.2, 0) is 0 Å². The van der Waals surface area contributed by atoms with Crippen LogP contribution in [0.4, 0.5) is 0 Å². The number of halogens is 1. The number of carbonyl (C=O) groups excluding carboxylic acids is 1. The Morgan fingerprint density at radius 3 is 3.00 bits per heavy atom. The van der Waals surface area contributed by atoms with E-state index in [9.17, 15) is 4.79 Å². The van der Waals surface area contributed by atoms with Gasteiger partial charge in [0.25, 0.3) is 0 Å². The number of hydrogen-bond acceptors (Lipinski definition) is 1. The van der Waals surface area contributed by atoms with Crippen LogP contribution in [0.5, 0.6) is 0 Å². The van der Waals surface area contributed by atoms with Crippen LogP contribution in [0.1, 0.15) is 22.3 Å². The van der Waals surface area contributed by atoms with Crippen molar-refractivity contribution in [2.24, 2.45) is 0 Å². The molecular formula is C10H7BrO. The standard InChI is InChI=1S/C10H7BrO/c11-8-5-4-7-2-1-3-10(12)9(7)6-8/h1-2,4-6H,3H2. The second kappa shape index (κ2) is 2.87. The SMILES string of the molecule is O=C1CC=Cc2ccc(Br)cc21. The molecule has 0 saturated heterocycles. The molecule has 0 bridgehead atoms. The van der Waals surface area contributed by atoms with Crippen molar-refractivity contribution in [3.63, 3.8) is 0 Å². The normalized spacial score (nSPS) is 14.6. The molecule has 2 heteroatoms. The summed E-state index contributed by atoms with van der Waals surface area (Å²) in [6.45, 7) is 0. The zero-order valence-electron chi connectivity index (χ0n) is 6.38. The Morgan fingerprint density at radius 1 is 1.33 bits per heavy atom. The lowest BCUT2D eigenvalue weighted by Crippen LogP contribution is -2.03. The molecule has 1 aromatic rings. The van der Waals surface area contributed by atoms with Gasteiger partial charge in [0, 0.05) is 16.5 Å². The number of ketones is 1. The highest BCUT2D eigenvalue weighted by Crippen LogP contribution is 2.22. The maximum absolute atomic E-state index is 11.4. The van der Waals surface area contributed by atoms with Crippen LogP contribution in [0.2, 0.25) is 0 Å². The summed E-state index contributed by atoms with van der Waals surface area (Å²) in [5.74, 6) is 0.203. The summed E-state index contributed by atoms with van der Waals surface area (Å²) in [6, 6.07) is 5.77. The third-order valence-corrected chi connectivity index (χ3v) is 2.41. The minimum Gasteiger partial charge on any atom is -0.294 e. The summed E-state index contributed by atoms with van der Waals surface area (Å²) in [6.07, 6.45) is 4.42. The van der Waals surface area contributed by atoms with Crippen LogP contribution in [0.15, 0.2) is 28.7 Å². The first-order valence-electron chi connectivity index (χ1n) is 3.76. The van der Waals surface area contributed by atoms with Crippen molar-refractivity contribution < 1.29 is 4.79 Å². The van der Waals surface area contributed by atoms with Gasteiger partial charge < -0.3 is 0 Å². The molecule has 0 radical (unpaired) electrons. The van der Waals surface area contributed by atoms with Crippen LogP contribution in [-0.4, -0.2) is 5.78 Å². The molecule has 0 amide bonds. The Hall–Kier alpha value is -0.890. The summed E-state index contributed by atoms with van der Waals surface area (Å²) in [7, 11) is 0. The molecule has 0 saturated carbocycles. The summed E-state index contributed by atoms with van der Waals surface area (Å²) < 4.78 is 0.963. The molecule has 60 valence electrons. The van der Waals surface area contributed by atoms with E-state index in [1.165, 1.54) is 0 Å². The highest BCUT2D eigenvalue weighted by atomic mass is 79.9. The van der Waals surface area contributed by atoms with Gasteiger partial charge in [0.1, 0.15) is 0 Å². The lowest BCUT2D eigenvalue weighted by atomic mass is 9.97. The highest BCUT2D eigenvalue weighted by Gasteiger charge is 2.12. The number of carbonyl (C=O) groups is 1. The van der Waals surface area contributed by atoms with Gasteiger partial charge in [-0.25, -0.2) is 0 Å². The first-order chi connectivity index (χ1) is 5.77. The second-order valence-electron chi connectivity index (χ2n) is 2.76. The van der Waals surface area contributed by atoms with Gasteiger partial charge in [0.05, 0.1) is 0 Å². The largest absolute Gasteiger partial charge is 0.294 e. The zero-order valence-corrected chi connectivity index (χ0v) is 7.97. The maximum atomic E-state index is 11.4. The first kappa shape index (κ1) is 7.74. The molecule has 0 aliphatic heterocycles. The number of fused-ring (bicyclic) bond motifs is 1. The topological polar surface area (TPSA) is 17.1 Å². The van der Waals surface area contributed by atoms with Gasteiger partial charge in [0.2, 0.25) is 0 Å². The van der Waals surface area contributed by atoms with E-state index in [-0.39, 0.29) is 5.78 Å². The minimum atomic E-state index is 0.203. The number of Topliss-reactive ketones (excluding diaryl/α,β-unsaturated/α-hetero) is 1. The molecule has 2 rings (SSSR count). The van der Waals surface area contributed by atoms with E-state index in [0.29, 0.717) is 6.42 Å². The molecule has 0 heterocycles. The van der Waals surface area contributed by atoms with Crippen LogP contribution < -0.4 is 0 Å². The van der Waals surface area contributed by atoms with Gasteiger partial charge >= 0.3 is 0 Å². The molecule has 12 heavy (non-hydrogen) atoms. The van der Waals surface area contributed by atoms with E-state index in [0.717, 1.165) is 15.6 Å². The Bertz CT molecular complexity index is 366. The van der Waals surface area contributed by atoms with Crippen LogP contribution >= 0.6 is 15.9 Å². The maximum Gasteiger partial charge on any atom is 0.167 e. The smallest absolute Gasteiger partial charge is 0.167 e. The Balaban J connectivity index is 2.63. The predicted octanol–water partition coefficient (Wildman–Crippen LogP) is 3.05. The Labute approximate surface area is 79.2 Å². The van der Waals surface area contributed by atoms with Gasteiger partial charge in [-0.05, 0) is 17.7 Å². The zero-order chi connectivity index (χ0) is 8.55. The van der Waals surface area contributed by atoms with Crippen molar-refractivity contribution in [2.75, 3.05) is 0 Å². The Kier molecular flexibility index (Phi) is 1.85. The van der Waals surface area contributed by atoms with E-state index in [1.807, 2.05) is 30.4 Å². The Morgan fingerprint density at radius 2 is 2.17 bits per heavy atom. The first-order valence-corrected chi connectivity index (χ1v) is 4.56. The quantitative estimate of drug-likeness (QED) is 0.660. The van der Waals surface area contributed by atoms with E-state index in [1.54, 1.807) is 0 Å². The monoisotopic (exact) mass is 222 g/mol. The molecule has 1 aliphatic carbocycles. The van der Waals surface area contributed by atoms with Crippen molar-refractivity contribution in [3.8, 4) is 0 Å². The third-order valence-electron chi connectivity index (χ3n) is 1.92. The fourth-order valence-electron chi connectivity index (χ4n) is 1.32. The van der Waals surface area contributed by atoms with Crippen molar-refractivity contribution in [1.29, 1.82) is 0 Å². The summed E-state index contributed by atoms with van der Waals surface area (Å²) in [5.41, 5.74) is 1.85. The molecular weight excluding hydrogens is 216 g/mol. The average Bonchev–Trinajstić information content (AvgIpc) is 2.07. The van der Waals surface area contributed by atoms with Crippen LogP contribution in [0.25, 0.3) is 6.08 Å². The third kappa shape index (κ3) is 1.23. The van der Waals surface area contributed by atoms with Gasteiger partial charge in [0.15, 0.2) is 5.78 Å². The minimum absolute atomic E-state index is 0.203. The highest BCUT2D eigenvalue weighted by molar-refractivity contribution is 9.10. The van der Waals surface area contributed by atoms with Crippen molar-refractivity contribution in [1.82, 2.24) is 0 Å². The molecule has 0 fully saturated rings. The van der Waals surface area contributed by atoms with E-state index >= 15 is 0 Å². The van der Waals surface area contributed by atoms with E-state index < -0.39 is 0 Å². The average molecular weight is 223 g/mol. The molecule has 0 aromatic heterocycles. The van der Waals surface area contributed by atoms with E-state index in [4.69, 9.17) is 0 Å². The molecule has 0 N–H and O–H groups in total. The fraction of sp³-hybridized carbons (Fsp3) is 0.100. The fourth-order valence-corrected chi connectivity index (χ4v) is 1.68. The summed E-state index contributed by atoms with van der Waals surface area (Å²) >= 11 is 3.34. The number of allylic oxidation sites excluding steroid dienone is 1. The number of rotatable bonds is 0. The molecule has 0 atom stereocenters. The molecule has 0 spiro atoms. The molecule has 1 nitrogen and oxygen atoms in total. The van der Waals surface area contributed by atoms with Crippen LogP contribution in [0, 0.1) is 0 Å². The molecule has 0 unspecified atom stereocenters. The van der Waals surface area contributed by atoms with Gasteiger partial charge in [-0.2, -0.15) is 0 Å². The lowest BCUT2D eigenvalue weighted by molar-refractivity contribution is 0.0994. The lowest BCUT2D eigenvalue weighted by Gasteiger charge is -2.08. The van der Waals surface area contributed by atoms with Crippen LogP contribution in [0.3, 0.4) is 0 Å². The van der Waals surface area contributed by atoms with Crippen molar-refractivity contribution >= 4 is 27.8 Å². The number of benzene rings is 1. The molecule has 1 aliphatic rings. The van der Waals surface area contributed by atoms with Gasteiger partial charge in [-0.15, -0.1) is 0 Å². The van der Waals surface area contributed by atoms with E-state index in [2.05, 4.69) is 15.9 Å². The predicted molar refractivity (Wildman–Crippen MR) is 52.1 cm³/mol.